The fraction of sp³-hybridized carbons (Fsp3) is 0.214. The Kier molecular flexibility index (Phi) is 3.47. The van der Waals surface area contributed by atoms with E-state index in [1.54, 1.807) is 0 Å². The number of fused-ring (bicyclic) bond motifs is 1. The van der Waals surface area contributed by atoms with Gasteiger partial charge in [-0.1, -0.05) is 17.7 Å². The number of rotatable bonds is 1. The molecule has 2 aromatic rings. The van der Waals surface area contributed by atoms with Crippen molar-refractivity contribution in [2.45, 2.75) is 13.0 Å². The molecule has 0 unspecified atom stereocenters. The zero-order valence-corrected chi connectivity index (χ0v) is 11.8. The number of benzene rings is 1. The second-order valence-electron chi connectivity index (χ2n) is 4.76. The predicted octanol–water partition coefficient (Wildman–Crippen LogP) is 2.05. The van der Waals surface area contributed by atoms with Gasteiger partial charge in [0.15, 0.2) is 0 Å². The molecular formula is C14H12ClFN4O. The van der Waals surface area contributed by atoms with E-state index in [1.165, 1.54) is 29.4 Å². The summed E-state index contributed by atoms with van der Waals surface area (Å²) in [6.07, 6.45) is 1.90. The Labute approximate surface area is 125 Å². The summed E-state index contributed by atoms with van der Waals surface area (Å²) < 4.78 is 13.8. The number of nitrogens with zero attached hydrogens (tertiary/aromatic N) is 3. The first kappa shape index (κ1) is 13.8. The minimum Gasteiger partial charge on any atom is -0.383 e. The number of carbonyl (C=O) groups excluding carboxylic acids is 1. The number of anilines is 1. The van der Waals surface area contributed by atoms with Crippen molar-refractivity contribution in [3.05, 3.63) is 52.2 Å². The van der Waals surface area contributed by atoms with Crippen LogP contribution in [0.1, 0.15) is 21.6 Å². The van der Waals surface area contributed by atoms with Crippen LogP contribution in [0.25, 0.3) is 0 Å². The van der Waals surface area contributed by atoms with E-state index in [1.807, 2.05) is 0 Å². The molecule has 7 heteroatoms. The van der Waals surface area contributed by atoms with Crippen molar-refractivity contribution in [3.63, 3.8) is 0 Å². The van der Waals surface area contributed by atoms with Gasteiger partial charge in [0.05, 0.1) is 22.8 Å². The lowest BCUT2D eigenvalue weighted by Crippen LogP contribution is -2.37. The van der Waals surface area contributed by atoms with Crippen molar-refractivity contribution in [2.24, 2.45) is 0 Å². The molecule has 0 atom stereocenters. The van der Waals surface area contributed by atoms with Crippen molar-refractivity contribution in [3.8, 4) is 0 Å². The second-order valence-corrected chi connectivity index (χ2v) is 5.16. The largest absolute Gasteiger partial charge is 0.383 e. The molecule has 0 saturated carbocycles. The lowest BCUT2D eigenvalue weighted by molar-refractivity contribution is 0.0727. The molecule has 0 aliphatic carbocycles. The molecule has 1 aliphatic rings. The van der Waals surface area contributed by atoms with Crippen LogP contribution in [-0.2, 0) is 13.0 Å². The summed E-state index contributed by atoms with van der Waals surface area (Å²) in [5.74, 6) is -0.641. The van der Waals surface area contributed by atoms with Gasteiger partial charge in [-0.05, 0) is 18.6 Å². The van der Waals surface area contributed by atoms with E-state index < -0.39 is 11.7 Å². The van der Waals surface area contributed by atoms with Crippen molar-refractivity contribution in [1.29, 1.82) is 0 Å². The molecule has 5 nitrogen and oxygen atoms in total. The first-order valence-electron chi connectivity index (χ1n) is 6.39. The predicted molar refractivity (Wildman–Crippen MR) is 76.3 cm³/mol. The Morgan fingerprint density at radius 3 is 2.95 bits per heavy atom. The number of hydrogen-bond acceptors (Lipinski definition) is 4. The van der Waals surface area contributed by atoms with Gasteiger partial charge >= 0.3 is 0 Å². The summed E-state index contributed by atoms with van der Waals surface area (Å²) in [6, 6.07) is 4.18. The Bertz CT molecular complexity index is 702. The van der Waals surface area contributed by atoms with E-state index in [2.05, 4.69) is 9.97 Å². The smallest absolute Gasteiger partial charge is 0.258 e. The monoisotopic (exact) mass is 306 g/mol. The highest BCUT2D eigenvalue weighted by Gasteiger charge is 2.27. The van der Waals surface area contributed by atoms with Crippen LogP contribution >= 0.6 is 11.6 Å². The molecular weight excluding hydrogens is 295 g/mol. The molecule has 2 N–H and O–H groups in total. The molecule has 0 saturated heterocycles. The number of amides is 1. The van der Waals surface area contributed by atoms with Crippen molar-refractivity contribution in [1.82, 2.24) is 14.9 Å². The molecule has 0 spiro atoms. The zero-order valence-electron chi connectivity index (χ0n) is 11.0. The maximum absolute atomic E-state index is 13.8. The number of carbonyl (C=O) groups is 1. The molecule has 0 fully saturated rings. The van der Waals surface area contributed by atoms with E-state index in [0.717, 1.165) is 5.56 Å². The number of nitrogen functional groups attached to an aromatic ring is 1. The van der Waals surface area contributed by atoms with Gasteiger partial charge in [0.1, 0.15) is 18.0 Å². The summed E-state index contributed by atoms with van der Waals surface area (Å²) in [7, 11) is 0. The average molecular weight is 307 g/mol. The van der Waals surface area contributed by atoms with Crippen LogP contribution < -0.4 is 5.73 Å². The Balaban J connectivity index is 1.91. The summed E-state index contributed by atoms with van der Waals surface area (Å²) in [5.41, 5.74) is 7.22. The average Bonchev–Trinajstić information content (AvgIpc) is 2.47. The molecule has 1 amide bonds. The number of nitrogens with two attached hydrogens (primary N) is 1. The highest BCUT2D eigenvalue weighted by molar-refractivity contribution is 6.33. The van der Waals surface area contributed by atoms with E-state index in [4.69, 9.17) is 17.3 Å². The van der Waals surface area contributed by atoms with Gasteiger partial charge in [0.25, 0.3) is 5.91 Å². The van der Waals surface area contributed by atoms with Crippen molar-refractivity contribution < 1.29 is 9.18 Å². The third-order valence-corrected chi connectivity index (χ3v) is 3.82. The van der Waals surface area contributed by atoms with Gasteiger partial charge in [-0.25, -0.2) is 14.4 Å². The normalized spacial score (nSPS) is 13.9. The lowest BCUT2D eigenvalue weighted by Gasteiger charge is -2.28. The van der Waals surface area contributed by atoms with Gasteiger partial charge in [-0.2, -0.15) is 0 Å². The Hall–Kier alpha value is -2.21. The standard InChI is InChI=1S/C14H12ClFN4O/c15-9-2-1-3-10(16)12(9)14(21)20-5-4-8-11(6-20)18-7-19-13(8)17/h1-3,7H,4-6H2,(H2,17,18,19). The topological polar surface area (TPSA) is 72.1 Å². The van der Waals surface area contributed by atoms with Crippen LogP contribution in [0.4, 0.5) is 10.2 Å². The van der Waals surface area contributed by atoms with Crippen LogP contribution in [0.2, 0.25) is 5.02 Å². The zero-order chi connectivity index (χ0) is 15.0. The molecule has 1 aliphatic heterocycles. The van der Waals surface area contributed by atoms with Gasteiger partial charge < -0.3 is 10.6 Å². The third-order valence-electron chi connectivity index (χ3n) is 3.50. The van der Waals surface area contributed by atoms with Crippen LogP contribution in [0, 0.1) is 5.82 Å². The van der Waals surface area contributed by atoms with Crippen molar-refractivity contribution >= 4 is 23.3 Å². The molecule has 2 heterocycles. The minimum absolute atomic E-state index is 0.105. The minimum atomic E-state index is -0.625. The van der Waals surface area contributed by atoms with Gasteiger partial charge in [-0.3, -0.25) is 4.79 Å². The van der Waals surface area contributed by atoms with Crippen LogP contribution in [0.15, 0.2) is 24.5 Å². The maximum atomic E-state index is 13.8. The third kappa shape index (κ3) is 2.42. The van der Waals surface area contributed by atoms with Crippen LogP contribution in [0.5, 0.6) is 0 Å². The highest BCUT2D eigenvalue weighted by Crippen LogP contribution is 2.25. The maximum Gasteiger partial charge on any atom is 0.258 e. The fourth-order valence-corrected chi connectivity index (χ4v) is 2.66. The highest BCUT2D eigenvalue weighted by atomic mass is 35.5. The van der Waals surface area contributed by atoms with Gasteiger partial charge in [-0.15, -0.1) is 0 Å². The molecule has 21 heavy (non-hydrogen) atoms. The second kappa shape index (κ2) is 5.29. The number of hydrogen-bond donors (Lipinski definition) is 1. The van der Waals surface area contributed by atoms with Crippen LogP contribution in [0.3, 0.4) is 0 Å². The molecule has 108 valence electrons. The van der Waals surface area contributed by atoms with E-state index in [0.29, 0.717) is 24.5 Å². The van der Waals surface area contributed by atoms with E-state index in [-0.39, 0.29) is 17.1 Å². The summed E-state index contributed by atoms with van der Waals surface area (Å²) in [6.45, 7) is 0.694. The molecule has 1 aromatic carbocycles. The van der Waals surface area contributed by atoms with E-state index in [9.17, 15) is 9.18 Å². The SMILES string of the molecule is Nc1ncnc2c1CCN(C(=O)c1c(F)cccc1Cl)C2. The quantitative estimate of drug-likeness (QED) is 0.875. The number of halogens is 2. The fourth-order valence-electron chi connectivity index (χ4n) is 2.41. The van der Waals surface area contributed by atoms with Crippen molar-refractivity contribution in [2.75, 3.05) is 12.3 Å². The summed E-state index contributed by atoms with van der Waals surface area (Å²) >= 11 is 5.94. The summed E-state index contributed by atoms with van der Waals surface area (Å²) in [5, 5.41) is 0.105. The number of aromatic nitrogens is 2. The first-order valence-corrected chi connectivity index (χ1v) is 6.77. The van der Waals surface area contributed by atoms with Crippen LogP contribution in [-0.4, -0.2) is 27.3 Å². The Morgan fingerprint density at radius 2 is 2.19 bits per heavy atom. The summed E-state index contributed by atoms with van der Waals surface area (Å²) in [4.78, 5) is 22.0. The lowest BCUT2D eigenvalue weighted by atomic mass is 10.0. The molecule has 3 rings (SSSR count). The van der Waals surface area contributed by atoms with Gasteiger partial charge in [0.2, 0.25) is 0 Å². The molecule has 0 bridgehead atoms. The molecule has 1 aromatic heterocycles. The van der Waals surface area contributed by atoms with Gasteiger partial charge in [0, 0.05) is 12.1 Å². The first-order chi connectivity index (χ1) is 10.1. The van der Waals surface area contributed by atoms with E-state index >= 15 is 0 Å². The molecule has 0 radical (unpaired) electrons. The Morgan fingerprint density at radius 1 is 1.38 bits per heavy atom.